The van der Waals surface area contributed by atoms with Gasteiger partial charge in [0.1, 0.15) is 16.7 Å². The van der Waals surface area contributed by atoms with Gasteiger partial charge in [0.25, 0.3) is 5.56 Å². The molecule has 0 atom stereocenters. The van der Waals surface area contributed by atoms with Crippen molar-refractivity contribution in [1.29, 1.82) is 0 Å². The van der Waals surface area contributed by atoms with Gasteiger partial charge in [0.2, 0.25) is 0 Å². The monoisotopic (exact) mass is 407 g/mol. The maximum Gasteiger partial charge on any atom is 0.265 e. The minimum atomic E-state index is -0.0161. The van der Waals surface area contributed by atoms with Crippen LogP contribution in [0.4, 0.5) is 0 Å². The summed E-state index contributed by atoms with van der Waals surface area (Å²) in [5, 5.41) is 0.571. The third-order valence-electron chi connectivity index (χ3n) is 5.51. The van der Waals surface area contributed by atoms with E-state index in [1.54, 1.807) is 7.11 Å². The maximum atomic E-state index is 13.6. The van der Waals surface area contributed by atoms with Crippen molar-refractivity contribution in [1.82, 2.24) is 24.1 Å². The Morgan fingerprint density at radius 2 is 1.73 bits per heavy atom. The van der Waals surface area contributed by atoms with E-state index >= 15 is 0 Å². The smallest absolute Gasteiger partial charge is 0.265 e. The number of methoxy groups -OCH3 is 1. The number of fused-ring (bicyclic) bond motifs is 4. The van der Waals surface area contributed by atoms with E-state index in [1.807, 2.05) is 40.3 Å². The molecule has 0 radical (unpaired) electrons. The Balaban J connectivity index is 2.04. The first-order valence-corrected chi connectivity index (χ1v) is 10.7. The summed E-state index contributed by atoms with van der Waals surface area (Å²) in [7, 11) is 1.69. The highest BCUT2D eigenvalue weighted by molar-refractivity contribution is 6.04. The predicted octanol–water partition coefficient (Wildman–Crippen LogP) is 3.94. The van der Waals surface area contributed by atoms with Crippen molar-refractivity contribution in [3.8, 4) is 0 Å². The van der Waals surface area contributed by atoms with Crippen LogP contribution in [0.2, 0.25) is 0 Å². The lowest BCUT2D eigenvalue weighted by Gasteiger charge is -2.13. The van der Waals surface area contributed by atoms with Crippen molar-refractivity contribution in [2.75, 3.05) is 13.7 Å². The fourth-order valence-corrected chi connectivity index (χ4v) is 3.90. The first kappa shape index (κ1) is 20.5. The average molecular weight is 408 g/mol. The van der Waals surface area contributed by atoms with Crippen LogP contribution in [0.1, 0.15) is 39.4 Å². The second-order valence-corrected chi connectivity index (χ2v) is 8.10. The number of para-hydroxylation sites is 2. The minimum absolute atomic E-state index is 0.0161. The van der Waals surface area contributed by atoms with Crippen LogP contribution < -0.4 is 5.56 Å². The predicted molar refractivity (Wildman–Crippen MR) is 120 cm³/mol. The zero-order valence-electron chi connectivity index (χ0n) is 18.2. The Bertz CT molecular complexity index is 1260. The van der Waals surface area contributed by atoms with E-state index in [0.29, 0.717) is 54.2 Å². The van der Waals surface area contributed by atoms with E-state index in [2.05, 4.69) is 13.8 Å². The molecule has 0 saturated carbocycles. The molecule has 0 spiro atoms. The molecule has 0 aliphatic heterocycles. The molecule has 0 amide bonds. The third kappa shape index (κ3) is 3.58. The molecule has 30 heavy (non-hydrogen) atoms. The molecule has 0 fully saturated rings. The van der Waals surface area contributed by atoms with Crippen LogP contribution in [0.25, 0.3) is 33.2 Å². The fourth-order valence-electron chi connectivity index (χ4n) is 3.90. The number of hydrogen-bond acceptors (Lipinski definition) is 5. The second kappa shape index (κ2) is 8.52. The number of rotatable bonds is 8. The van der Waals surface area contributed by atoms with Crippen LogP contribution >= 0.6 is 0 Å². The molecule has 0 saturated heterocycles. The van der Waals surface area contributed by atoms with E-state index in [9.17, 15) is 4.79 Å². The number of aromatic nitrogens is 5. The van der Waals surface area contributed by atoms with Gasteiger partial charge in [0, 0.05) is 33.2 Å². The zero-order valence-corrected chi connectivity index (χ0v) is 18.2. The molecule has 0 unspecified atom stereocenters. The lowest BCUT2D eigenvalue weighted by atomic mass is 10.1. The van der Waals surface area contributed by atoms with Crippen LogP contribution in [-0.2, 0) is 24.2 Å². The van der Waals surface area contributed by atoms with Crippen LogP contribution in [0.15, 0.2) is 29.1 Å². The number of ether oxygens (including phenoxy) is 1. The Hall–Kier alpha value is -2.80. The standard InChI is InChI=1S/C23H29N5O2/c1-5-18-26-21-19(23(29)27(18)13-11-15(2)3)20-22(28(21)12-8-14-30-4)25-17-10-7-6-9-16(17)24-20/h6-7,9-10,15H,5,8,11-14H2,1-4H3. The van der Waals surface area contributed by atoms with Gasteiger partial charge in [0.15, 0.2) is 11.3 Å². The molecule has 3 aromatic heterocycles. The molecule has 0 aliphatic carbocycles. The molecular formula is C23H29N5O2. The van der Waals surface area contributed by atoms with Crippen molar-refractivity contribution in [2.45, 2.75) is 53.1 Å². The average Bonchev–Trinajstić information content (AvgIpc) is 3.04. The van der Waals surface area contributed by atoms with Crippen LogP contribution in [0.3, 0.4) is 0 Å². The van der Waals surface area contributed by atoms with Crippen LogP contribution in [-0.4, -0.2) is 37.8 Å². The lowest BCUT2D eigenvalue weighted by Crippen LogP contribution is -2.26. The van der Waals surface area contributed by atoms with Gasteiger partial charge in [0.05, 0.1) is 11.0 Å². The summed E-state index contributed by atoms with van der Waals surface area (Å²) in [6.07, 6.45) is 2.44. The van der Waals surface area contributed by atoms with Gasteiger partial charge < -0.3 is 9.30 Å². The molecule has 0 aliphatic rings. The van der Waals surface area contributed by atoms with Gasteiger partial charge >= 0.3 is 0 Å². The fraction of sp³-hybridized carbons (Fsp3) is 0.478. The van der Waals surface area contributed by atoms with Gasteiger partial charge in [-0.05, 0) is 30.9 Å². The van der Waals surface area contributed by atoms with Gasteiger partial charge in [-0.15, -0.1) is 0 Å². The lowest BCUT2D eigenvalue weighted by molar-refractivity contribution is 0.191. The van der Waals surface area contributed by atoms with E-state index < -0.39 is 0 Å². The summed E-state index contributed by atoms with van der Waals surface area (Å²) in [4.78, 5) is 28.3. The Morgan fingerprint density at radius 3 is 2.40 bits per heavy atom. The summed E-state index contributed by atoms with van der Waals surface area (Å²) in [6.45, 7) is 8.35. The summed E-state index contributed by atoms with van der Waals surface area (Å²) in [6, 6.07) is 7.77. The summed E-state index contributed by atoms with van der Waals surface area (Å²) >= 11 is 0. The van der Waals surface area contributed by atoms with E-state index in [0.717, 1.165) is 29.7 Å². The van der Waals surface area contributed by atoms with Crippen LogP contribution in [0, 0.1) is 5.92 Å². The largest absolute Gasteiger partial charge is 0.385 e. The summed E-state index contributed by atoms with van der Waals surface area (Å²) in [5.74, 6) is 1.32. The zero-order chi connectivity index (χ0) is 21.3. The van der Waals surface area contributed by atoms with E-state index in [1.165, 1.54) is 0 Å². The first-order valence-electron chi connectivity index (χ1n) is 10.7. The van der Waals surface area contributed by atoms with Gasteiger partial charge in [-0.1, -0.05) is 32.9 Å². The van der Waals surface area contributed by atoms with Crippen molar-refractivity contribution in [2.24, 2.45) is 5.92 Å². The number of aryl methyl sites for hydroxylation is 2. The van der Waals surface area contributed by atoms with Gasteiger partial charge in [-0.25, -0.2) is 15.0 Å². The second-order valence-electron chi connectivity index (χ2n) is 8.10. The van der Waals surface area contributed by atoms with Crippen molar-refractivity contribution in [3.05, 3.63) is 40.4 Å². The number of nitrogens with zero attached hydrogens (tertiary/aromatic N) is 5. The minimum Gasteiger partial charge on any atom is -0.385 e. The molecule has 0 bridgehead atoms. The normalized spacial score (nSPS) is 12.0. The number of benzene rings is 1. The Kier molecular flexibility index (Phi) is 5.81. The highest BCUT2D eigenvalue weighted by Gasteiger charge is 2.21. The van der Waals surface area contributed by atoms with E-state index in [4.69, 9.17) is 19.7 Å². The summed E-state index contributed by atoms with van der Waals surface area (Å²) < 4.78 is 9.11. The molecule has 3 heterocycles. The van der Waals surface area contributed by atoms with Crippen molar-refractivity contribution < 1.29 is 4.74 Å². The van der Waals surface area contributed by atoms with Crippen molar-refractivity contribution >= 4 is 33.2 Å². The molecular weight excluding hydrogens is 378 g/mol. The summed E-state index contributed by atoms with van der Waals surface area (Å²) in [5.41, 5.74) is 3.62. The topological polar surface area (TPSA) is 74.8 Å². The maximum absolute atomic E-state index is 13.6. The SMILES string of the molecule is CCc1nc2c(c(=O)n1CCC(C)C)c1nc3ccccc3nc1n2CCCOC. The molecule has 7 heteroatoms. The molecule has 0 N–H and O–H groups in total. The van der Waals surface area contributed by atoms with E-state index in [-0.39, 0.29) is 5.56 Å². The molecule has 7 nitrogen and oxygen atoms in total. The van der Waals surface area contributed by atoms with Crippen LogP contribution in [0.5, 0.6) is 0 Å². The molecule has 1 aromatic carbocycles. The molecule has 4 rings (SSSR count). The van der Waals surface area contributed by atoms with Gasteiger partial charge in [-0.3, -0.25) is 9.36 Å². The number of hydrogen-bond donors (Lipinski definition) is 0. The quantitative estimate of drug-likeness (QED) is 0.414. The molecule has 158 valence electrons. The van der Waals surface area contributed by atoms with Crippen molar-refractivity contribution in [3.63, 3.8) is 0 Å². The highest BCUT2D eigenvalue weighted by atomic mass is 16.5. The highest BCUT2D eigenvalue weighted by Crippen LogP contribution is 2.26. The van der Waals surface area contributed by atoms with Gasteiger partial charge in [-0.2, -0.15) is 0 Å². The molecule has 4 aromatic rings. The Morgan fingerprint density at radius 1 is 1.00 bits per heavy atom. The Labute approximate surface area is 175 Å². The third-order valence-corrected chi connectivity index (χ3v) is 5.51. The first-order chi connectivity index (χ1) is 14.5.